The highest BCUT2D eigenvalue weighted by atomic mass is 127. The number of nitrogens with zero attached hydrogens (tertiary/aromatic N) is 2. The molecule has 0 radical (unpaired) electrons. The summed E-state index contributed by atoms with van der Waals surface area (Å²) in [5, 5.41) is 6.53. The molecule has 1 aromatic rings. The second-order valence-electron chi connectivity index (χ2n) is 8.46. The topological polar surface area (TPSA) is 73.8 Å². The molecule has 2 rings (SSSR count). The first-order valence-corrected chi connectivity index (χ1v) is 12.8. The van der Waals surface area contributed by atoms with E-state index in [9.17, 15) is 8.42 Å². The lowest BCUT2D eigenvalue weighted by Crippen LogP contribution is -2.42. The maximum Gasteiger partial charge on any atom is 0.191 e. The van der Waals surface area contributed by atoms with Crippen molar-refractivity contribution in [3.8, 4) is 0 Å². The van der Waals surface area contributed by atoms with Crippen molar-refractivity contribution >= 4 is 39.8 Å². The summed E-state index contributed by atoms with van der Waals surface area (Å²) < 4.78 is 22.7. The number of likely N-dealkylation sites (tertiary alicyclic amines) is 1. The van der Waals surface area contributed by atoms with E-state index in [0.717, 1.165) is 25.0 Å². The summed E-state index contributed by atoms with van der Waals surface area (Å²) in [5.41, 5.74) is 2.52. The van der Waals surface area contributed by atoms with Crippen LogP contribution < -0.4 is 10.6 Å². The smallest absolute Gasteiger partial charge is 0.191 e. The highest BCUT2D eigenvalue weighted by molar-refractivity contribution is 14.0. The number of sulfone groups is 1. The summed E-state index contributed by atoms with van der Waals surface area (Å²) in [5.74, 6) is 1.70. The van der Waals surface area contributed by atoms with Gasteiger partial charge < -0.3 is 10.6 Å². The van der Waals surface area contributed by atoms with Crippen molar-refractivity contribution in [1.82, 2.24) is 15.5 Å². The van der Waals surface area contributed by atoms with Crippen molar-refractivity contribution in [2.24, 2.45) is 10.9 Å². The van der Waals surface area contributed by atoms with Crippen molar-refractivity contribution in [3.05, 3.63) is 35.4 Å². The van der Waals surface area contributed by atoms with Crippen LogP contribution in [0.15, 0.2) is 29.3 Å². The van der Waals surface area contributed by atoms with E-state index in [2.05, 4.69) is 51.7 Å². The molecule has 2 N–H and O–H groups in total. The van der Waals surface area contributed by atoms with Gasteiger partial charge in [-0.1, -0.05) is 31.2 Å². The van der Waals surface area contributed by atoms with Crippen LogP contribution >= 0.6 is 24.0 Å². The predicted octanol–water partition coefficient (Wildman–Crippen LogP) is 3.41. The summed E-state index contributed by atoms with van der Waals surface area (Å²) in [6, 6.07) is 8.77. The van der Waals surface area contributed by atoms with Gasteiger partial charge in [0.1, 0.15) is 9.84 Å². The number of halogens is 1. The Morgan fingerprint density at radius 2 is 1.93 bits per heavy atom. The van der Waals surface area contributed by atoms with Crippen molar-refractivity contribution in [2.75, 3.05) is 31.6 Å². The second kappa shape index (κ2) is 13.5. The number of aliphatic imine (C=N–C) groups is 1. The Morgan fingerprint density at radius 1 is 1.27 bits per heavy atom. The zero-order valence-corrected chi connectivity index (χ0v) is 22.0. The zero-order valence-electron chi connectivity index (χ0n) is 18.9. The molecule has 8 heteroatoms. The van der Waals surface area contributed by atoms with E-state index >= 15 is 0 Å². The Labute approximate surface area is 200 Å². The van der Waals surface area contributed by atoms with Gasteiger partial charge in [0.2, 0.25) is 0 Å². The number of benzene rings is 1. The van der Waals surface area contributed by atoms with Crippen LogP contribution in [0.2, 0.25) is 0 Å². The molecule has 2 atom stereocenters. The minimum Gasteiger partial charge on any atom is -0.357 e. The van der Waals surface area contributed by atoms with Crippen molar-refractivity contribution in [1.29, 1.82) is 0 Å². The van der Waals surface area contributed by atoms with Crippen LogP contribution in [0.1, 0.15) is 51.2 Å². The summed E-state index contributed by atoms with van der Waals surface area (Å²) in [7, 11) is -2.94. The SMILES string of the molecule is CCNC(=NCc1ccc(CN2CCCC(C)C2)cc1)NC(C)CCS(C)(=O)=O.I. The molecule has 0 saturated carbocycles. The lowest BCUT2D eigenvalue weighted by molar-refractivity contribution is 0.176. The van der Waals surface area contributed by atoms with Crippen LogP contribution in [0.3, 0.4) is 0 Å². The number of rotatable bonds is 9. The highest BCUT2D eigenvalue weighted by Gasteiger charge is 2.16. The van der Waals surface area contributed by atoms with E-state index in [-0.39, 0.29) is 35.8 Å². The molecular formula is C22H39IN4O2S. The average Bonchev–Trinajstić information content (AvgIpc) is 2.65. The molecule has 1 fully saturated rings. The van der Waals surface area contributed by atoms with Gasteiger partial charge in [-0.3, -0.25) is 4.90 Å². The summed E-state index contributed by atoms with van der Waals surface area (Å²) in [6.45, 7) is 11.1. The van der Waals surface area contributed by atoms with Gasteiger partial charge in [0.15, 0.2) is 5.96 Å². The van der Waals surface area contributed by atoms with Gasteiger partial charge in [-0.2, -0.15) is 0 Å². The molecule has 0 aromatic heterocycles. The Kier molecular flexibility index (Phi) is 12.2. The van der Waals surface area contributed by atoms with Crippen LogP contribution in [0.5, 0.6) is 0 Å². The van der Waals surface area contributed by atoms with Gasteiger partial charge in [-0.25, -0.2) is 13.4 Å². The van der Waals surface area contributed by atoms with Crippen LogP contribution in [0.4, 0.5) is 0 Å². The maximum atomic E-state index is 11.4. The third-order valence-electron chi connectivity index (χ3n) is 5.24. The molecule has 2 unspecified atom stereocenters. The standard InChI is InChI=1S/C22H38N4O2S.HI/c1-5-23-22(25-19(3)12-14-29(4,27)28)24-15-20-8-10-21(11-9-20)17-26-13-6-7-18(2)16-26;/h8-11,18-19H,5-7,12-17H2,1-4H3,(H2,23,24,25);1H. The molecule has 0 spiro atoms. The van der Waals surface area contributed by atoms with Gasteiger partial charge in [-0.15, -0.1) is 24.0 Å². The molecule has 1 aliphatic rings. The fraction of sp³-hybridized carbons (Fsp3) is 0.682. The fourth-order valence-electron chi connectivity index (χ4n) is 3.63. The van der Waals surface area contributed by atoms with Gasteiger partial charge >= 0.3 is 0 Å². The number of hydrogen-bond acceptors (Lipinski definition) is 4. The van der Waals surface area contributed by atoms with Crippen molar-refractivity contribution < 1.29 is 8.42 Å². The van der Waals surface area contributed by atoms with Crippen LogP contribution in [-0.2, 0) is 22.9 Å². The second-order valence-corrected chi connectivity index (χ2v) is 10.7. The third kappa shape index (κ3) is 10.9. The number of nitrogens with one attached hydrogen (secondary N) is 2. The van der Waals surface area contributed by atoms with Crippen LogP contribution in [0.25, 0.3) is 0 Å². The monoisotopic (exact) mass is 550 g/mol. The predicted molar refractivity (Wildman–Crippen MR) is 137 cm³/mol. The highest BCUT2D eigenvalue weighted by Crippen LogP contribution is 2.18. The van der Waals surface area contributed by atoms with Gasteiger partial charge in [0.25, 0.3) is 0 Å². The van der Waals surface area contributed by atoms with Crippen molar-refractivity contribution in [3.63, 3.8) is 0 Å². The molecule has 1 saturated heterocycles. The van der Waals surface area contributed by atoms with Crippen LogP contribution in [0, 0.1) is 5.92 Å². The Hall–Kier alpha value is -0.870. The number of guanidine groups is 1. The molecule has 172 valence electrons. The van der Waals surface area contributed by atoms with E-state index in [4.69, 9.17) is 0 Å². The van der Waals surface area contributed by atoms with E-state index in [1.807, 2.05) is 13.8 Å². The maximum absolute atomic E-state index is 11.4. The molecule has 0 amide bonds. The number of hydrogen-bond donors (Lipinski definition) is 2. The first-order valence-electron chi connectivity index (χ1n) is 10.8. The minimum atomic E-state index is -2.94. The van der Waals surface area contributed by atoms with Gasteiger partial charge in [0.05, 0.1) is 12.3 Å². The molecule has 30 heavy (non-hydrogen) atoms. The molecule has 1 heterocycles. The van der Waals surface area contributed by atoms with Gasteiger partial charge in [0, 0.05) is 31.9 Å². The molecule has 6 nitrogen and oxygen atoms in total. The van der Waals surface area contributed by atoms with Crippen LogP contribution in [-0.4, -0.2) is 57.0 Å². The summed E-state index contributed by atoms with van der Waals surface area (Å²) in [6.07, 6.45) is 4.49. The summed E-state index contributed by atoms with van der Waals surface area (Å²) >= 11 is 0. The lowest BCUT2D eigenvalue weighted by Gasteiger charge is -2.30. The van der Waals surface area contributed by atoms with E-state index in [1.54, 1.807) is 0 Å². The summed E-state index contributed by atoms with van der Waals surface area (Å²) in [4.78, 5) is 7.21. The lowest BCUT2D eigenvalue weighted by atomic mass is 9.99. The molecule has 1 aromatic carbocycles. The quantitative estimate of drug-likeness (QED) is 0.280. The Balaban J connectivity index is 0.00000450. The molecule has 0 bridgehead atoms. The molecule has 0 aliphatic carbocycles. The Morgan fingerprint density at radius 3 is 2.53 bits per heavy atom. The van der Waals surface area contributed by atoms with E-state index in [1.165, 1.54) is 43.3 Å². The normalized spacial score (nSPS) is 19.1. The van der Waals surface area contributed by atoms with E-state index in [0.29, 0.717) is 13.0 Å². The van der Waals surface area contributed by atoms with E-state index < -0.39 is 9.84 Å². The fourth-order valence-corrected chi connectivity index (χ4v) is 4.41. The zero-order chi connectivity index (χ0) is 21.3. The first kappa shape index (κ1) is 27.2. The largest absolute Gasteiger partial charge is 0.357 e. The number of piperidine rings is 1. The molecule has 1 aliphatic heterocycles. The van der Waals surface area contributed by atoms with Crippen molar-refractivity contribution in [2.45, 2.75) is 59.2 Å². The minimum absolute atomic E-state index is 0. The third-order valence-corrected chi connectivity index (χ3v) is 6.22. The van der Waals surface area contributed by atoms with Gasteiger partial charge in [-0.05, 0) is 56.7 Å². The molecular weight excluding hydrogens is 511 g/mol. The Bertz CT molecular complexity index is 753. The first-order chi connectivity index (χ1) is 13.7. The average molecular weight is 551 g/mol.